The molecule has 0 saturated carbocycles. The quantitative estimate of drug-likeness (QED) is 0.587. The van der Waals surface area contributed by atoms with Gasteiger partial charge in [-0.2, -0.15) is 0 Å². The Morgan fingerprint density at radius 2 is 1.52 bits per heavy atom. The predicted molar refractivity (Wildman–Crippen MR) is 105 cm³/mol. The van der Waals surface area contributed by atoms with Crippen LogP contribution < -0.4 is 10.6 Å². The zero-order chi connectivity index (χ0) is 19.6. The lowest BCUT2D eigenvalue weighted by atomic mass is 9.85. The number of benzene rings is 2. The Kier molecular flexibility index (Phi) is 5.38. The van der Waals surface area contributed by atoms with Crippen molar-refractivity contribution in [3.05, 3.63) is 65.7 Å². The summed E-state index contributed by atoms with van der Waals surface area (Å²) in [4.78, 5) is 25.1. The highest BCUT2D eigenvalue weighted by molar-refractivity contribution is 7.91. The van der Waals surface area contributed by atoms with Crippen LogP contribution in [-0.4, -0.2) is 31.1 Å². The van der Waals surface area contributed by atoms with Gasteiger partial charge in [-0.3, -0.25) is 9.59 Å². The maximum absolute atomic E-state index is 12.9. The van der Waals surface area contributed by atoms with E-state index in [1.807, 2.05) is 19.1 Å². The minimum absolute atomic E-state index is 0.0742. The lowest BCUT2D eigenvalue weighted by Crippen LogP contribution is -2.57. The standard InChI is InChI=1S/C19H18N2O4S2/c1-12-7-9-13(10-8-12)15(16-17(22)20-19(26)21-18(16)23)11-27(24,25)14-5-3-2-4-6-14/h2-10,15-16H,11H2,1H3,(H2,20,21,22,23,26). The predicted octanol–water partition coefficient (Wildman–Crippen LogP) is 1.70. The fourth-order valence-corrected chi connectivity index (χ4v) is 4.88. The van der Waals surface area contributed by atoms with Crippen LogP contribution in [0.3, 0.4) is 0 Å². The van der Waals surface area contributed by atoms with Crippen LogP contribution in [0.4, 0.5) is 0 Å². The molecule has 2 aromatic carbocycles. The zero-order valence-corrected chi connectivity index (χ0v) is 16.1. The van der Waals surface area contributed by atoms with E-state index in [0.717, 1.165) is 5.56 Å². The number of rotatable bonds is 5. The minimum Gasteiger partial charge on any atom is -0.302 e. The van der Waals surface area contributed by atoms with Gasteiger partial charge in [-0.05, 0) is 36.8 Å². The number of aryl methyl sites for hydroxylation is 1. The molecule has 1 aliphatic heterocycles. The third-order valence-corrected chi connectivity index (χ3v) is 6.44. The minimum atomic E-state index is -3.72. The van der Waals surface area contributed by atoms with Crippen LogP contribution in [0.1, 0.15) is 17.0 Å². The zero-order valence-electron chi connectivity index (χ0n) is 14.5. The first-order valence-corrected chi connectivity index (χ1v) is 10.3. The molecule has 140 valence electrons. The fourth-order valence-electron chi connectivity index (χ4n) is 3.05. The number of hydrogen-bond donors (Lipinski definition) is 2. The van der Waals surface area contributed by atoms with E-state index in [1.54, 1.807) is 30.3 Å². The van der Waals surface area contributed by atoms with Gasteiger partial charge in [0, 0.05) is 5.92 Å². The van der Waals surface area contributed by atoms with Gasteiger partial charge in [0.25, 0.3) is 0 Å². The number of sulfone groups is 1. The van der Waals surface area contributed by atoms with E-state index in [1.165, 1.54) is 12.1 Å². The molecule has 0 aliphatic carbocycles. The van der Waals surface area contributed by atoms with Crippen LogP contribution in [0.15, 0.2) is 59.5 Å². The molecule has 1 aliphatic rings. The van der Waals surface area contributed by atoms with E-state index in [-0.39, 0.29) is 15.8 Å². The van der Waals surface area contributed by atoms with Gasteiger partial charge in [0.05, 0.1) is 10.6 Å². The first-order chi connectivity index (χ1) is 12.8. The summed E-state index contributed by atoms with van der Waals surface area (Å²) in [6.07, 6.45) is 0. The molecule has 6 nitrogen and oxygen atoms in total. The molecule has 0 bridgehead atoms. The third-order valence-electron chi connectivity index (χ3n) is 4.45. The number of carbonyl (C=O) groups excluding carboxylic acids is 2. The van der Waals surface area contributed by atoms with E-state index in [0.29, 0.717) is 5.56 Å². The topological polar surface area (TPSA) is 92.3 Å². The summed E-state index contributed by atoms with van der Waals surface area (Å²) in [5, 5.41) is 4.75. The molecule has 2 N–H and O–H groups in total. The Morgan fingerprint density at radius 1 is 0.963 bits per heavy atom. The van der Waals surface area contributed by atoms with Gasteiger partial charge in [0.2, 0.25) is 11.8 Å². The lowest BCUT2D eigenvalue weighted by molar-refractivity contribution is -0.135. The van der Waals surface area contributed by atoms with Gasteiger partial charge in [0.1, 0.15) is 5.92 Å². The van der Waals surface area contributed by atoms with Crippen LogP contribution in [0, 0.1) is 12.8 Å². The highest BCUT2D eigenvalue weighted by atomic mass is 32.2. The van der Waals surface area contributed by atoms with Gasteiger partial charge in [-0.15, -0.1) is 0 Å². The van der Waals surface area contributed by atoms with Crippen molar-refractivity contribution >= 4 is 39.0 Å². The molecule has 27 heavy (non-hydrogen) atoms. The van der Waals surface area contributed by atoms with E-state index < -0.39 is 33.5 Å². The number of carbonyl (C=O) groups is 2. The number of hydrogen-bond acceptors (Lipinski definition) is 5. The summed E-state index contributed by atoms with van der Waals surface area (Å²) in [6.45, 7) is 1.90. The maximum atomic E-state index is 12.9. The summed E-state index contributed by atoms with van der Waals surface area (Å²) >= 11 is 4.84. The Labute approximate surface area is 162 Å². The Morgan fingerprint density at radius 3 is 2.07 bits per heavy atom. The van der Waals surface area contributed by atoms with E-state index in [4.69, 9.17) is 12.2 Å². The first kappa shape index (κ1) is 19.2. The van der Waals surface area contributed by atoms with E-state index in [9.17, 15) is 18.0 Å². The number of nitrogens with one attached hydrogen (secondary N) is 2. The second-order valence-corrected chi connectivity index (χ2v) is 8.84. The van der Waals surface area contributed by atoms with Gasteiger partial charge < -0.3 is 10.6 Å². The van der Waals surface area contributed by atoms with E-state index in [2.05, 4.69) is 10.6 Å². The van der Waals surface area contributed by atoms with Crippen molar-refractivity contribution in [2.75, 3.05) is 5.75 Å². The second kappa shape index (κ2) is 7.58. The Bertz CT molecular complexity index is 966. The van der Waals surface area contributed by atoms with Crippen molar-refractivity contribution in [3.8, 4) is 0 Å². The smallest absolute Gasteiger partial charge is 0.239 e. The van der Waals surface area contributed by atoms with Gasteiger partial charge in [-0.1, -0.05) is 48.0 Å². The average Bonchev–Trinajstić information content (AvgIpc) is 2.61. The average molecular weight is 402 g/mol. The van der Waals surface area contributed by atoms with Crippen LogP contribution in [0.25, 0.3) is 0 Å². The normalized spacial score (nSPS) is 16.6. The van der Waals surface area contributed by atoms with Crippen molar-refractivity contribution in [1.82, 2.24) is 10.6 Å². The molecule has 3 rings (SSSR count). The Balaban J connectivity index is 2.03. The van der Waals surface area contributed by atoms with E-state index >= 15 is 0 Å². The molecule has 2 amide bonds. The van der Waals surface area contributed by atoms with Crippen LogP contribution in [0.5, 0.6) is 0 Å². The first-order valence-electron chi connectivity index (χ1n) is 8.28. The second-order valence-electron chi connectivity index (χ2n) is 6.40. The molecular formula is C19H18N2O4S2. The molecule has 2 aromatic rings. The summed E-state index contributed by atoms with van der Waals surface area (Å²) in [5.41, 5.74) is 1.59. The maximum Gasteiger partial charge on any atom is 0.239 e. The molecule has 0 aromatic heterocycles. The monoisotopic (exact) mass is 402 g/mol. The third kappa shape index (κ3) is 4.23. The molecular weight excluding hydrogens is 384 g/mol. The van der Waals surface area contributed by atoms with Gasteiger partial charge in [0.15, 0.2) is 14.9 Å². The van der Waals surface area contributed by atoms with Crippen molar-refractivity contribution in [2.45, 2.75) is 17.7 Å². The van der Waals surface area contributed by atoms with Crippen molar-refractivity contribution in [1.29, 1.82) is 0 Å². The van der Waals surface area contributed by atoms with Gasteiger partial charge in [-0.25, -0.2) is 8.42 Å². The largest absolute Gasteiger partial charge is 0.302 e. The Hall–Kier alpha value is -2.58. The fraction of sp³-hybridized carbons (Fsp3) is 0.211. The number of thiocarbonyl (C=S) groups is 1. The molecule has 1 fully saturated rings. The summed E-state index contributed by atoms with van der Waals surface area (Å²) < 4.78 is 25.8. The highest BCUT2D eigenvalue weighted by Gasteiger charge is 2.41. The van der Waals surface area contributed by atoms with Crippen LogP contribution in [0.2, 0.25) is 0 Å². The van der Waals surface area contributed by atoms with Crippen molar-refractivity contribution < 1.29 is 18.0 Å². The lowest BCUT2D eigenvalue weighted by Gasteiger charge is -2.29. The molecule has 1 atom stereocenters. The molecule has 1 heterocycles. The van der Waals surface area contributed by atoms with Crippen LogP contribution >= 0.6 is 12.2 Å². The molecule has 8 heteroatoms. The summed E-state index contributed by atoms with van der Waals surface area (Å²) in [6, 6.07) is 15.1. The molecule has 1 saturated heterocycles. The SMILES string of the molecule is Cc1ccc(C(CS(=O)(=O)c2ccccc2)C2C(=O)NC(=S)NC2=O)cc1. The van der Waals surface area contributed by atoms with Crippen molar-refractivity contribution in [3.63, 3.8) is 0 Å². The number of amides is 2. The molecule has 0 radical (unpaired) electrons. The molecule has 0 spiro atoms. The van der Waals surface area contributed by atoms with Gasteiger partial charge >= 0.3 is 0 Å². The van der Waals surface area contributed by atoms with Crippen molar-refractivity contribution in [2.24, 2.45) is 5.92 Å². The molecule has 1 unspecified atom stereocenters. The van der Waals surface area contributed by atoms with Crippen LogP contribution in [-0.2, 0) is 19.4 Å². The summed E-state index contributed by atoms with van der Waals surface area (Å²) in [7, 11) is -3.72. The summed E-state index contributed by atoms with van der Waals surface area (Å²) in [5.74, 6) is -3.62. The highest BCUT2D eigenvalue weighted by Crippen LogP contribution is 2.30.